The molecule has 3 aromatic rings. The van der Waals surface area contributed by atoms with Crippen LogP contribution in [0.15, 0.2) is 121 Å². The van der Waals surface area contributed by atoms with Gasteiger partial charge in [-0.1, -0.05) is 68.1 Å². The van der Waals surface area contributed by atoms with Gasteiger partial charge in [0.1, 0.15) is 11.7 Å². The summed E-state index contributed by atoms with van der Waals surface area (Å²) in [5.74, 6) is 0.516. The Morgan fingerprint density at radius 3 is 2.33 bits per heavy atom. The molecule has 6 rings (SSSR count). The van der Waals surface area contributed by atoms with Crippen LogP contribution in [0, 0.1) is 12.7 Å². The van der Waals surface area contributed by atoms with Crippen molar-refractivity contribution in [3.63, 3.8) is 0 Å². The zero-order valence-corrected chi connectivity index (χ0v) is 32.5. The van der Waals surface area contributed by atoms with Crippen LogP contribution in [-0.2, 0) is 13.0 Å². The highest BCUT2D eigenvalue weighted by atomic mass is 19.1. The van der Waals surface area contributed by atoms with Crippen LogP contribution in [0.1, 0.15) is 55.0 Å². The Labute approximate surface area is 321 Å². The fraction of sp³-hybridized carbons (Fsp3) is 0.348. The Morgan fingerprint density at radius 2 is 1.61 bits per heavy atom. The first-order chi connectivity index (χ1) is 26.3. The van der Waals surface area contributed by atoms with Gasteiger partial charge in [0.05, 0.1) is 11.4 Å². The minimum atomic E-state index is -0.251. The second-order valence-corrected chi connectivity index (χ2v) is 14.4. The molecule has 0 radical (unpaired) electrons. The average Bonchev–Trinajstić information content (AvgIpc) is 3.60. The summed E-state index contributed by atoms with van der Waals surface area (Å²) in [6.45, 7) is 20.5. The number of pyridine rings is 1. The van der Waals surface area contributed by atoms with E-state index in [4.69, 9.17) is 9.98 Å². The number of nitrogens with zero attached hydrogens (tertiary/aromatic N) is 4. The SMILES string of the molecule is C=CCCC(CNCc1ccc(-c2cccc(-c3cccc(C4=CC5=NC6=C(CN(CC(CCC=C)NC)C6)C(=C)N5C=C4)c3F)c2C)nc1CC)NC. The lowest BCUT2D eigenvalue weighted by molar-refractivity contribution is 0.294. The van der Waals surface area contributed by atoms with E-state index in [1.165, 1.54) is 11.1 Å². The van der Waals surface area contributed by atoms with E-state index < -0.39 is 0 Å². The number of allylic oxidation sites excluding steroid dienone is 4. The summed E-state index contributed by atoms with van der Waals surface area (Å²) in [6.07, 6.45) is 14.8. The number of aromatic nitrogens is 1. The molecule has 3 aliphatic heterocycles. The van der Waals surface area contributed by atoms with E-state index in [1.807, 2.05) is 79.8 Å². The zero-order valence-electron chi connectivity index (χ0n) is 32.5. The van der Waals surface area contributed by atoms with Crippen LogP contribution in [-0.4, -0.2) is 73.0 Å². The Bertz CT molecular complexity index is 2000. The van der Waals surface area contributed by atoms with Gasteiger partial charge in [0, 0.05) is 84.7 Å². The quantitative estimate of drug-likeness (QED) is 0.115. The summed E-state index contributed by atoms with van der Waals surface area (Å²) >= 11 is 0. The number of halogens is 1. The van der Waals surface area contributed by atoms with Crippen molar-refractivity contribution in [2.45, 2.75) is 64.6 Å². The highest BCUT2D eigenvalue weighted by Crippen LogP contribution is 2.38. The topological polar surface area (TPSA) is 67.8 Å². The van der Waals surface area contributed by atoms with E-state index >= 15 is 4.39 Å². The van der Waals surface area contributed by atoms with Gasteiger partial charge in [-0.15, -0.1) is 13.2 Å². The number of amidine groups is 1. The van der Waals surface area contributed by atoms with E-state index in [2.05, 4.69) is 72.6 Å². The summed E-state index contributed by atoms with van der Waals surface area (Å²) in [7, 11) is 4.02. The van der Waals surface area contributed by atoms with Gasteiger partial charge in [-0.25, -0.2) is 9.38 Å². The molecule has 0 bridgehead atoms. The number of hydrogen-bond acceptors (Lipinski definition) is 7. The molecule has 8 heteroatoms. The zero-order chi connectivity index (χ0) is 38.2. The molecule has 0 aliphatic carbocycles. The Morgan fingerprint density at radius 1 is 0.907 bits per heavy atom. The highest BCUT2D eigenvalue weighted by molar-refractivity contribution is 6.06. The van der Waals surface area contributed by atoms with Crippen molar-refractivity contribution in [3.8, 4) is 22.4 Å². The van der Waals surface area contributed by atoms with Crippen molar-refractivity contribution in [3.05, 3.63) is 144 Å². The van der Waals surface area contributed by atoms with Gasteiger partial charge < -0.3 is 20.9 Å². The molecule has 2 atom stereocenters. The third-order valence-electron chi connectivity index (χ3n) is 11.0. The average molecular weight is 726 g/mol. The Balaban J connectivity index is 1.21. The Kier molecular flexibility index (Phi) is 13.0. The first-order valence-corrected chi connectivity index (χ1v) is 19.4. The molecule has 2 aromatic carbocycles. The standard InChI is InChI=1S/C46H56FN7/c1-8-11-15-35(48-6)27-50-26-34-21-22-43(51-42(34)10-3)38-18-13-17-37(31(38)4)40-20-14-19-39(46(40)47)33-23-24-54-32(5)41-29-53(28-36(49-7)16-12-9-2)30-44(41)52-45(54)25-33/h8-9,13-14,17-25,35-36,48-50H,1-2,5,10-12,15-16,26-30H2,3-4,6-7H3. The fourth-order valence-corrected chi connectivity index (χ4v) is 7.74. The molecule has 2 unspecified atom stereocenters. The monoisotopic (exact) mass is 725 g/mol. The lowest BCUT2D eigenvalue weighted by Crippen LogP contribution is -2.38. The minimum absolute atomic E-state index is 0.251. The molecular weight excluding hydrogens is 670 g/mol. The van der Waals surface area contributed by atoms with Crippen LogP contribution in [0.2, 0.25) is 0 Å². The molecule has 0 spiro atoms. The molecule has 3 N–H and O–H groups in total. The molecule has 3 aliphatic rings. The third kappa shape index (κ3) is 8.48. The van der Waals surface area contributed by atoms with Gasteiger partial charge in [0.25, 0.3) is 0 Å². The molecule has 54 heavy (non-hydrogen) atoms. The number of aliphatic imine (C=N–C) groups is 1. The molecule has 7 nitrogen and oxygen atoms in total. The van der Waals surface area contributed by atoms with Crippen molar-refractivity contribution in [2.24, 2.45) is 4.99 Å². The molecular formula is C46H56FN7. The second kappa shape index (κ2) is 18.1. The highest BCUT2D eigenvalue weighted by Gasteiger charge is 2.32. The summed E-state index contributed by atoms with van der Waals surface area (Å²) in [5, 5.41) is 10.4. The van der Waals surface area contributed by atoms with Crippen molar-refractivity contribution >= 4 is 11.4 Å². The smallest absolute Gasteiger partial charge is 0.138 e. The van der Waals surface area contributed by atoms with Gasteiger partial charge in [-0.2, -0.15) is 0 Å². The van der Waals surface area contributed by atoms with Gasteiger partial charge in [0.15, 0.2) is 0 Å². The predicted octanol–water partition coefficient (Wildman–Crippen LogP) is 8.33. The molecule has 0 saturated heterocycles. The predicted molar refractivity (Wildman–Crippen MR) is 224 cm³/mol. The van der Waals surface area contributed by atoms with E-state index in [0.29, 0.717) is 23.2 Å². The minimum Gasteiger partial charge on any atom is -0.316 e. The summed E-state index contributed by atoms with van der Waals surface area (Å²) < 4.78 is 16.7. The number of fused-ring (bicyclic) bond motifs is 1. The van der Waals surface area contributed by atoms with Crippen LogP contribution in [0.3, 0.4) is 0 Å². The molecule has 0 saturated carbocycles. The summed E-state index contributed by atoms with van der Waals surface area (Å²) in [4.78, 5) is 14.7. The van der Waals surface area contributed by atoms with Crippen molar-refractivity contribution in [2.75, 3.05) is 40.3 Å². The lowest BCUT2D eigenvalue weighted by Gasteiger charge is -2.30. The maximum Gasteiger partial charge on any atom is 0.138 e. The van der Waals surface area contributed by atoms with Gasteiger partial charge in [-0.05, 0) is 93.6 Å². The Hall–Kier alpha value is -4.73. The van der Waals surface area contributed by atoms with Crippen LogP contribution in [0.25, 0.3) is 28.0 Å². The first kappa shape index (κ1) is 39.0. The molecule has 4 heterocycles. The number of hydrogen-bond donors (Lipinski definition) is 3. The fourth-order valence-electron chi connectivity index (χ4n) is 7.74. The van der Waals surface area contributed by atoms with Crippen LogP contribution in [0.4, 0.5) is 4.39 Å². The van der Waals surface area contributed by atoms with Crippen molar-refractivity contribution < 1.29 is 4.39 Å². The van der Waals surface area contributed by atoms with Gasteiger partial charge in [-0.3, -0.25) is 9.88 Å². The maximum absolute atomic E-state index is 16.7. The maximum atomic E-state index is 16.7. The van der Waals surface area contributed by atoms with E-state index in [1.54, 1.807) is 0 Å². The third-order valence-corrected chi connectivity index (χ3v) is 11.0. The number of benzene rings is 2. The molecule has 282 valence electrons. The van der Waals surface area contributed by atoms with Gasteiger partial charge in [0.2, 0.25) is 0 Å². The van der Waals surface area contributed by atoms with Crippen LogP contribution < -0.4 is 16.0 Å². The number of nitrogens with one attached hydrogen (secondary N) is 3. The number of aryl methyl sites for hydroxylation is 1. The first-order valence-electron chi connectivity index (χ1n) is 19.4. The normalized spacial score (nSPS) is 16.5. The van der Waals surface area contributed by atoms with E-state index in [9.17, 15) is 0 Å². The van der Waals surface area contributed by atoms with Crippen molar-refractivity contribution in [1.82, 2.24) is 30.7 Å². The van der Waals surface area contributed by atoms with Gasteiger partial charge >= 0.3 is 0 Å². The van der Waals surface area contributed by atoms with E-state index in [0.717, 1.165) is 116 Å². The molecule has 1 aromatic heterocycles. The molecule has 0 fully saturated rings. The van der Waals surface area contributed by atoms with Crippen molar-refractivity contribution in [1.29, 1.82) is 0 Å². The largest absolute Gasteiger partial charge is 0.316 e. The summed E-state index contributed by atoms with van der Waals surface area (Å²) in [6, 6.07) is 16.8. The lowest BCUT2D eigenvalue weighted by atomic mass is 9.91. The summed E-state index contributed by atoms with van der Waals surface area (Å²) in [5.41, 5.74) is 11.1. The van der Waals surface area contributed by atoms with Crippen LogP contribution in [0.5, 0.6) is 0 Å². The van der Waals surface area contributed by atoms with Crippen LogP contribution >= 0.6 is 0 Å². The number of rotatable bonds is 18. The second-order valence-electron chi connectivity index (χ2n) is 14.4. The number of likely N-dealkylation sites (N-methyl/N-ethyl adjacent to an activating group) is 2. The molecule has 0 amide bonds. The van der Waals surface area contributed by atoms with E-state index in [-0.39, 0.29) is 5.82 Å².